The van der Waals surface area contributed by atoms with Crippen LogP contribution < -0.4 is 9.62 Å². The molecule has 2 aromatic rings. The summed E-state index contributed by atoms with van der Waals surface area (Å²) in [5.74, 6) is -0.602. The van der Waals surface area contributed by atoms with Crippen molar-refractivity contribution in [2.75, 3.05) is 36.1 Å². The van der Waals surface area contributed by atoms with Crippen molar-refractivity contribution < 1.29 is 30.8 Å². The van der Waals surface area contributed by atoms with Gasteiger partial charge in [-0.15, -0.1) is 0 Å². The van der Waals surface area contributed by atoms with Crippen molar-refractivity contribution in [3.05, 3.63) is 47.5 Å². The van der Waals surface area contributed by atoms with Gasteiger partial charge in [0.15, 0.2) is 9.84 Å². The Morgan fingerprint density at radius 1 is 1.09 bits per heavy atom. The smallest absolute Gasteiger partial charge is 0.337 e. The summed E-state index contributed by atoms with van der Waals surface area (Å²) in [5, 5.41) is 0. The summed E-state index contributed by atoms with van der Waals surface area (Å²) in [4.78, 5) is 13.6. The third kappa shape index (κ3) is 5.20. The lowest BCUT2D eigenvalue weighted by Crippen LogP contribution is -2.37. The molecule has 0 aromatic heterocycles. The molecule has 0 radical (unpaired) electrons. The fourth-order valence-corrected chi connectivity index (χ4v) is 6.23. The van der Waals surface area contributed by atoms with Crippen molar-refractivity contribution in [1.29, 1.82) is 0 Å². The van der Waals surface area contributed by atoms with Crippen LogP contribution in [0, 0.1) is 0 Å². The van der Waals surface area contributed by atoms with Crippen molar-refractivity contribution in [2.24, 2.45) is 0 Å². The van der Waals surface area contributed by atoms with Crippen LogP contribution in [0.25, 0.3) is 0 Å². The van der Waals surface area contributed by atoms with Crippen LogP contribution in [-0.2, 0) is 24.6 Å². The number of methoxy groups -OCH3 is 1. The molecule has 0 spiro atoms. The molecule has 0 bridgehead atoms. The lowest BCUT2D eigenvalue weighted by molar-refractivity contribution is 0.0600. The second-order valence-electron chi connectivity index (χ2n) is 8.76. The number of rotatable bonds is 7. The van der Waals surface area contributed by atoms with Crippen molar-refractivity contribution in [3.8, 4) is 0 Å². The van der Waals surface area contributed by atoms with Gasteiger partial charge in [-0.05, 0) is 67.5 Å². The summed E-state index contributed by atoms with van der Waals surface area (Å²) in [6.07, 6.45) is 2.65. The molecule has 0 unspecified atom stereocenters. The van der Waals surface area contributed by atoms with Gasteiger partial charge in [-0.25, -0.2) is 26.0 Å². The summed E-state index contributed by atoms with van der Waals surface area (Å²) >= 11 is 0. The highest BCUT2D eigenvalue weighted by Crippen LogP contribution is 2.44. The Hall–Kier alpha value is -2.66. The second-order valence-corrected chi connectivity index (χ2v) is 12.4. The Labute approximate surface area is 199 Å². The number of esters is 1. The minimum atomic E-state index is -4.22. The molecule has 34 heavy (non-hydrogen) atoms. The quantitative estimate of drug-likeness (QED) is 0.568. The first-order valence-electron chi connectivity index (χ1n) is 11.0. The number of sulfone groups is 1. The highest BCUT2D eigenvalue weighted by Gasteiger charge is 2.32. The lowest BCUT2D eigenvalue weighted by Gasteiger charge is -2.32. The summed E-state index contributed by atoms with van der Waals surface area (Å²) in [5.41, 5.74) is 1.12. The lowest BCUT2D eigenvalue weighted by atomic mass is 10.1. The van der Waals surface area contributed by atoms with E-state index in [4.69, 9.17) is 4.74 Å². The molecular formula is C23H27FN2O6S2. The monoisotopic (exact) mass is 510 g/mol. The number of anilines is 2. The average Bonchev–Trinajstić information content (AvgIpc) is 3.62. The second kappa shape index (κ2) is 9.18. The molecule has 1 aliphatic carbocycles. The molecule has 1 heterocycles. The van der Waals surface area contributed by atoms with Gasteiger partial charge in [0.25, 0.3) is 10.0 Å². The van der Waals surface area contributed by atoms with Gasteiger partial charge in [-0.3, -0.25) is 4.72 Å². The Morgan fingerprint density at radius 2 is 1.82 bits per heavy atom. The highest BCUT2D eigenvalue weighted by atomic mass is 32.2. The average molecular weight is 511 g/mol. The third-order valence-electron chi connectivity index (χ3n) is 6.09. The molecule has 184 valence electrons. The van der Waals surface area contributed by atoms with Gasteiger partial charge in [0, 0.05) is 19.3 Å². The number of carbonyl (C=O) groups excluding carboxylic acids is 1. The standard InChI is InChI=1S/C23H27FN2O6S2/c1-32-23(27)16-7-9-19(15-5-6-15)22(12-16)34(30,31)25-20-13-18(33(2,28)29)8-10-21(20)26-11-3-4-17(24)14-26/h7-10,12-13,15,17,25H,3-6,11,14H2,1-2H3/t17-/m1/s1. The van der Waals surface area contributed by atoms with Crippen LogP contribution in [0.1, 0.15) is 47.5 Å². The molecule has 1 N–H and O–H groups in total. The zero-order valence-electron chi connectivity index (χ0n) is 19.0. The van der Waals surface area contributed by atoms with Crippen molar-refractivity contribution in [3.63, 3.8) is 0 Å². The Morgan fingerprint density at radius 3 is 2.44 bits per heavy atom. The van der Waals surface area contributed by atoms with Crippen molar-refractivity contribution in [1.82, 2.24) is 0 Å². The Balaban J connectivity index is 1.80. The van der Waals surface area contributed by atoms with Gasteiger partial charge in [-0.2, -0.15) is 0 Å². The Bertz CT molecular complexity index is 1320. The van der Waals surface area contributed by atoms with E-state index in [9.17, 15) is 26.0 Å². The van der Waals surface area contributed by atoms with Crippen LogP contribution in [0.4, 0.5) is 15.8 Å². The van der Waals surface area contributed by atoms with E-state index in [1.807, 2.05) is 0 Å². The summed E-state index contributed by atoms with van der Waals surface area (Å²) < 4.78 is 72.8. The molecule has 2 fully saturated rings. The number of carbonyl (C=O) groups is 1. The molecule has 2 aliphatic rings. The van der Waals surface area contributed by atoms with Gasteiger partial charge >= 0.3 is 5.97 Å². The van der Waals surface area contributed by atoms with Crippen LogP contribution in [0.5, 0.6) is 0 Å². The number of halogens is 1. The number of hydrogen-bond acceptors (Lipinski definition) is 7. The van der Waals surface area contributed by atoms with E-state index < -0.39 is 32.0 Å². The number of nitrogens with one attached hydrogen (secondary N) is 1. The van der Waals surface area contributed by atoms with Gasteiger partial charge in [0.2, 0.25) is 0 Å². The van der Waals surface area contributed by atoms with Crippen LogP contribution in [0.2, 0.25) is 0 Å². The van der Waals surface area contributed by atoms with Gasteiger partial charge in [-0.1, -0.05) is 6.07 Å². The maximum Gasteiger partial charge on any atom is 0.337 e. The topological polar surface area (TPSA) is 110 Å². The predicted molar refractivity (Wildman–Crippen MR) is 126 cm³/mol. The van der Waals surface area contributed by atoms with Gasteiger partial charge in [0.05, 0.1) is 33.8 Å². The molecule has 0 amide bonds. The minimum Gasteiger partial charge on any atom is -0.465 e. The normalized spacial score (nSPS) is 19.0. The fourth-order valence-electron chi connectivity index (χ4n) is 4.19. The molecule has 1 saturated carbocycles. The van der Waals surface area contributed by atoms with E-state index in [-0.39, 0.29) is 33.5 Å². The van der Waals surface area contributed by atoms with E-state index >= 15 is 0 Å². The maximum absolute atomic E-state index is 14.1. The van der Waals surface area contributed by atoms with Gasteiger partial charge in [0.1, 0.15) is 6.17 Å². The van der Waals surface area contributed by atoms with E-state index in [1.54, 1.807) is 11.0 Å². The van der Waals surface area contributed by atoms with E-state index in [1.165, 1.54) is 37.4 Å². The molecule has 2 aromatic carbocycles. The zero-order valence-corrected chi connectivity index (χ0v) is 20.6. The number of benzene rings is 2. The number of alkyl halides is 1. The van der Waals surface area contributed by atoms with Crippen LogP contribution in [0.15, 0.2) is 46.2 Å². The van der Waals surface area contributed by atoms with E-state index in [2.05, 4.69) is 4.72 Å². The van der Waals surface area contributed by atoms with Crippen LogP contribution in [-0.4, -0.2) is 55.4 Å². The molecule has 1 aliphatic heterocycles. The zero-order chi connectivity index (χ0) is 24.7. The third-order valence-corrected chi connectivity index (χ3v) is 8.62. The van der Waals surface area contributed by atoms with Crippen LogP contribution in [0.3, 0.4) is 0 Å². The predicted octanol–water partition coefficient (Wildman–Crippen LogP) is 3.49. The molecule has 8 nitrogen and oxygen atoms in total. The molecule has 4 rings (SSSR count). The minimum absolute atomic E-state index is 0.0437. The number of nitrogens with zero attached hydrogens (tertiary/aromatic N) is 1. The van der Waals surface area contributed by atoms with Gasteiger partial charge < -0.3 is 9.64 Å². The number of sulfonamides is 1. The largest absolute Gasteiger partial charge is 0.465 e. The number of hydrogen-bond donors (Lipinski definition) is 1. The first kappa shape index (κ1) is 24.5. The van der Waals surface area contributed by atoms with E-state index in [0.29, 0.717) is 30.6 Å². The summed E-state index contributed by atoms with van der Waals surface area (Å²) in [7, 11) is -6.64. The SMILES string of the molecule is COC(=O)c1ccc(C2CC2)c(S(=O)(=O)Nc2cc(S(C)(=O)=O)ccc2N2CCC[C@@H](F)C2)c1. The van der Waals surface area contributed by atoms with Crippen molar-refractivity contribution >= 4 is 37.2 Å². The molecular weight excluding hydrogens is 483 g/mol. The number of piperidine rings is 1. The number of ether oxygens (including phenoxy) is 1. The molecule has 11 heteroatoms. The molecule has 1 atom stereocenters. The van der Waals surface area contributed by atoms with Crippen LogP contribution >= 0.6 is 0 Å². The molecule has 1 saturated heterocycles. The van der Waals surface area contributed by atoms with Crippen molar-refractivity contribution in [2.45, 2.75) is 47.6 Å². The first-order chi connectivity index (χ1) is 16.0. The summed E-state index contributed by atoms with van der Waals surface area (Å²) in [6, 6.07) is 8.57. The fraction of sp³-hybridized carbons (Fsp3) is 0.435. The maximum atomic E-state index is 14.1. The van der Waals surface area contributed by atoms with E-state index in [0.717, 1.165) is 19.1 Å². The summed E-state index contributed by atoms with van der Waals surface area (Å²) in [6.45, 7) is 0.594. The first-order valence-corrected chi connectivity index (χ1v) is 14.4. The highest BCUT2D eigenvalue weighted by molar-refractivity contribution is 7.92. The Kier molecular flexibility index (Phi) is 6.61.